The number of anilines is 1. The van der Waals surface area contributed by atoms with Crippen LogP contribution in [0.5, 0.6) is 0 Å². The zero-order valence-electron chi connectivity index (χ0n) is 12.9. The van der Waals surface area contributed by atoms with Gasteiger partial charge in [-0.1, -0.05) is 38.1 Å². The van der Waals surface area contributed by atoms with E-state index in [4.69, 9.17) is 0 Å². The molecule has 2 rings (SSSR count). The summed E-state index contributed by atoms with van der Waals surface area (Å²) in [6.07, 6.45) is 4.98. The molecule has 22 heavy (non-hydrogen) atoms. The Morgan fingerprint density at radius 2 is 1.95 bits per heavy atom. The van der Waals surface area contributed by atoms with Crippen LogP contribution in [0.1, 0.15) is 36.5 Å². The number of benzene rings is 1. The molecule has 0 unspecified atom stereocenters. The molecule has 114 valence electrons. The molecule has 0 saturated carbocycles. The van der Waals surface area contributed by atoms with Crippen LogP contribution in [0.4, 0.5) is 5.82 Å². The molecule has 0 spiro atoms. The van der Waals surface area contributed by atoms with Crippen molar-refractivity contribution in [2.45, 2.75) is 26.7 Å². The highest BCUT2D eigenvalue weighted by molar-refractivity contribution is 9.10. The molecular formula is C18H19BrN2O. The Morgan fingerprint density at radius 3 is 2.55 bits per heavy atom. The minimum Gasteiger partial charge on any atom is -0.307 e. The summed E-state index contributed by atoms with van der Waals surface area (Å²) in [6.45, 7) is 6.22. The smallest absolute Gasteiger partial charge is 0.249 e. The Labute approximate surface area is 139 Å². The van der Waals surface area contributed by atoms with Gasteiger partial charge in [-0.2, -0.15) is 0 Å². The minimum absolute atomic E-state index is 0.189. The zero-order valence-corrected chi connectivity index (χ0v) is 14.5. The molecule has 0 radical (unpaired) electrons. The molecule has 1 aromatic heterocycles. The number of nitrogens with one attached hydrogen (secondary N) is 1. The van der Waals surface area contributed by atoms with Crippen molar-refractivity contribution in [2.75, 3.05) is 5.32 Å². The predicted octanol–water partition coefficient (Wildman–Crippen LogP) is 4.93. The summed E-state index contributed by atoms with van der Waals surface area (Å²) in [5.74, 6) is 0.895. The molecule has 0 aliphatic rings. The molecule has 1 aromatic carbocycles. The Hall–Kier alpha value is -1.94. The third kappa shape index (κ3) is 4.53. The summed E-state index contributed by atoms with van der Waals surface area (Å²) in [7, 11) is 0. The van der Waals surface area contributed by atoms with E-state index in [1.807, 2.05) is 25.1 Å². The van der Waals surface area contributed by atoms with Gasteiger partial charge in [-0.3, -0.25) is 4.79 Å². The van der Waals surface area contributed by atoms with Gasteiger partial charge in [0, 0.05) is 16.7 Å². The van der Waals surface area contributed by atoms with Crippen LogP contribution in [0.3, 0.4) is 0 Å². The number of rotatable bonds is 4. The number of pyridine rings is 1. The highest BCUT2D eigenvalue weighted by Gasteiger charge is 2.03. The summed E-state index contributed by atoms with van der Waals surface area (Å²) < 4.78 is 0.892. The number of aromatic nitrogens is 1. The van der Waals surface area contributed by atoms with E-state index in [0.29, 0.717) is 11.7 Å². The number of halogens is 1. The molecule has 0 atom stereocenters. The normalized spacial score (nSPS) is 11.1. The first kappa shape index (κ1) is 16.4. The first-order valence-corrected chi connectivity index (χ1v) is 7.96. The molecule has 0 bridgehead atoms. The maximum Gasteiger partial charge on any atom is 0.249 e. The molecule has 0 fully saturated rings. The zero-order chi connectivity index (χ0) is 16.1. The van der Waals surface area contributed by atoms with Gasteiger partial charge in [0.1, 0.15) is 5.82 Å². The van der Waals surface area contributed by atoms with Crippen LogP contribution < -0.4 is 5.32 Å². The predicted molar refractivity (Wildman–Crippen MR) is 94.9 cm³/mol. The lowest BCUT2D eigenvalue weighted by Crippen LogP contribution is -2.10. The van der Waals surface area contributed by atoms with E-state index < -0.39 is 0 Å². The second kappa shape index (κ2) is 7.36. The summed E-state index contributed by atoms with van der Waals surface area (Å²) in [5.41, 5.74) is 3.20. The highest BCUT2D eigenvalue weighted by atomic mass is 79.9. The van der Waals surface area contributed by atoms with Gasteiger partial charge in [-0.25, -0.2) is 4.98 Å². The van der Waals surface area contributed by atoms with E-state index in [2.05, 4.69) is 52.2 Å². The van der Waals surface area contributed by atoms with Crippen molar-refractivity contribution in [3.63, 3.8) is 0 Å². The van der Waals surface area contributed by atoms with Crippen molar-refractivity contribution in [1.29, 1.82) is 0 Å². The van der Waals surface area contributed by atoms with Gasteiger partial charge < -0.3 is 5.32 Å². The lowest BCUT2D eigenvalue weighted by molar-refractivity contribution is -0.111. The van der Waals surface area contributed by atoms with Crippen molar-refractivity contribution >= 4 is 33.7 Å². The van der Waals surface area contributed by atoms with Gasteiger partial charge in [0.2, 0.25) is 5.91 Å². The van der Waals surface area contributed by atoms with Gasteiger partial charge in [0.25, 0.3) is 0 Å². The fraction of sp³-hybridized carbons (Fsp3) is 0.222. The lowest BCUT2D eigenvalue weighted by atomic mass is 10.0. The monoisotopic (exact) mass is 358 g/mol. The van der Waals surface area contributed by atoms with Crippen molar-refractivity contribution in [3.8, 4) is 0 Å². The van der Waals surface area contributed by atoms with Crippen LogP contribution in [-0.4, -0.2) is 10.9 Å². The van der Waals surface area contributed by atoms with Crippen molar-refractivity contribution in [2.24, 2.45) is 0 Å². The number of carbonyl (C=O) groups excluding carboxylic acids is 1. The summed E-state index contributed by atoms with van der Waals surface area (Å²) in [6, 6.07) is 10.1. The van der Waals surface area contributed by atoms with Crippen molar-refractivity contribution < 1.29 is 4.79 Å². The molecule has 1 N–H and O–H groups in total. The Bertz CT molecular complexity index is 691. The van der Waals surface area contributed by atoms with E-state index in [-0.39, 0.29) is 5.91 Å². The number of hydrogen-bond donors (Lipinski definition) is 1. The number of hydrogen-bond acceptors (Lipinski definition) is 2. The number of amides is 1. The molecule has 4 heteroatoms. The van der Waals surface area contributed by atoms with E-state index >= 15 is 0 Å². The van der Waals surface area contributed by atoms with Crippen LogP contribution in [0.25, 0.3) is 6.08 Å². The van der Waals surface area contributed by atoms with Crippen LogP contribution in [0.2, 0.25) is 0 Å². The van der Waals surface area contributed by atoms with Crippen molar-refractivity contribution in [3.05, 3.63) is 63.8 Å². The van der Waals surface area contributed by atoms with Gasteiger partial charge in [-0.15, -0.1) is 0 Å². The van der Waals surface area contributed by atoms with Gasteiger partial charge >= 0.3 is 0 Å². The summed E-state index contributed by atoms with van der Waals surface area (Å²) in [4.78, 5) is 16.1. The van der Waals surface area contributed by atoms with Crippen LogP contribution in [0, 0.1) is 6.92 Å². The molecular weight excluding hydrogens is 340 g/mol. The summed E-state index contributed by atoms with van der Waals surface area (Å²) in [5, 5.41) is 2.78. The first-order chi connectivity index (χ1) is 10.5. The molecule has 0 aliphatic carbocycles. The second-order valence-electron chi connectivity index (χ2n) is 5.46. The van der Waals surface area contributed by atoms with Gasteiger partial charge in [-0.05, 0) is 57.6 Å². The third-order valence-electron chi connectivity index (χ3n) is 3.32. The lowest BCUT2D eigenvalue weighted by Gasteiger charge is -2.06. The Balaban J connectivity index is 2.01. The first-order valence-electron chi connectivity index (χ1n) is 7.17. The topological polar surface area (TPSA) is 42.0 Å². The standard InChI is InChI=1S/C18H19BrN2O/c1-12(2)15-7-4-14(5-8-15)6-9-17(22)21-18-13(3)10-16(19)11-20-18/h4-12H,1-3H3,(H,20,21,22)/b9-6+. The Morgan fingerprint density at radius 1 is 1.27 bits per heavy atom. The highest BCUT2D eigenvalue weighted by Crippen LogP contribution is 2.17. The van der Waals surface area contributed by atoms with E-state index in [1.165, 1.54) is 11.6 Å². The van der Waals surface area contributed by atoms with E-state index in [0.717, 1.165) is 15.6 Å². The van der Waals surface area contributed by atoms with Crippen LogP contribution >= 0.6 is 15.9 Å². The average Bonchev–Trinajstić information content (AvgIpc) is 2.48. The SMILES string of the molecule is Cc1cc(Br)cnc1NC(=O)/C=C/c1ccc(C(C)C)cc1. The van der Waals surface area contributed by atoms with E-state index in [9.17, 15) is 4.79 Å². The molecule has 3 nitrogen and oxygen atoms in total. The number of aryl methyl sites for hydroxylation is 1. The van der Waals surface area contributed by atoms with Crippen LogP contribution in [-0.2, 0) is 4.79 Å². The molecule has 0 aliphatic heterocycles. The molecule has 1 heterocycles. The summed E-state index contributed by atoms with van der Waals surface area (Å²) >= 11 is 3.35. The van der Waals surface area contributed by atoms with Gasteiger partial charge in [0.15, 0.2) is 0 Å². The average molecular weight is 359 g/mol. The third-order valence-corrected chi connectivity index (χ3v) is 3.75. The quantitative estimate of drug-likeness (QED) is 0.787. The van der Waals surface area contributed by atoms with Crippen molar-refractivity contribution in [1.82, 2.24) is 4.98 Å². The number of carbonyl (C=O) groups is 1. The van der Waals surface area contributed by atoms with Gasteiger partial charge in [0.05, 0.1) is 0 Å². The fourth-order valence-corrected chi connectivity index (χ4v) is 2.44. The second-order valence-corrected chi connectivity index (χ2v) is 6.38. The molecule has 1 amide bonds. The number of nitrogens with zero attached hydrogens (tertiary/aromatic N) is 1. The largest absolute Gasteiger partial charge is 0.307 e. The maximum atomic E-state index is 11.9. The molecule has 2 aromatic rings. The maximum absolute atomic E-state index is 11.9. The Kier molecular flexibility index (Phi) is 5.50. The van der Waals surface area contributed by atoms with Crippen LogP contribution in [0.15, 0.2) is 47.1 Å². The minimum atomic E-state index is -0.189. The molecule has 0 saturated heterocycles. The van der Waals surface area contributed by atoms with E-state index in [1.54, 1.807) is 12.3 Å². The fourth-order valence-electron chi connectivity index (χ4n) is 1.99.